The highest BCUT2D eigenvalue weighted by molar-refractivity contribution is 5.74. The molecule has 0 aliphatic carbocycles. The molecule has 1 aromatic carbocycles. The number of nitrogens with two attached hydrogens (primary N) is 1. The Morgan fingerprint density at radius 1 is 1.15 bits per heavy atom. The molecule has 102 valence electrons. The number of fused-ring (bicyclic) bond motifs is 1. The molecule has 5 heteroatoms. The Hall–Kier alpha value is -2.43. The lowest BCUT2D eigenvalue weighted by atomic mass is 10.2. The molecule has 0 saturated carbocycles. The van der Waals surface area contributed by atoms with E-state index in [2.05, 4.69) is 26.9 Å². The molecule has 0 fully saturated rings. The highest BCUT2D eigenvalue weighted by atomic mass is 15.0. The van der Waals surface area contributed by atoms with Crippen LogP contribution in [-0.2, 0) is 12.8 Å². The van der Waals surface area contributed by atoms with Crippen LogP contribution in [0.15, 0.2) is 24.3 Å². The summed E-state index contributed by atoms with van der Waals surface area (Å²) in [5, 5.41) is 0. The smallest absolute Gasteiger partial charge is 0.138 e. The van der Waals surface area contributed by atoms with Crippen molar-refractivity contribution >= 4 is 16.9 Å². The molecule has 3 aromatic rings. The Morgan fingerprint density at radius 2 is 1.95 bits per heavy atom. The number of para-hydroxylation sites is 2. The normalized spacial score (nSPS) is 11.1. The van der Waals surface area contributed by atoms with E-state index in [1.807, 2.05) is 31.2 Å². The number of imidazole rings is 1. The third-order valence-corrected chi connectivity index (χ3v) is 3.43. The van der Waals surface area contributed by atoms with Crippen molar-refractivity contribution in [2.45, 2.75) is 26.7 Å². The van der Waals surface area contributed by atoms with Gasteiger partial charge in [0.05, 0.1) is 17.5 Å². The van der Waals surface area contributed by atoms with E-state index in [0.29, 0.717) is 18.1 Å². The molecule has 0 atom stereocenters. The molecule has 0 bridgehead atoms. The first-order valence-corrected chi connectivity index (χ1v) is 6.73. The molecule has 0 aliphatic rings. The van der Waals surface area contributed by atoms with Crippen molar-refractivity contribution in [2.75, 3.05) is 5.73 Å². The first-order chi connectivity index (χ1) is 9.67. The molecule has 3 rings (SSSR count). The number of hydrogen-bond donors (Lipinski definition) is 2. The van der Waals surface area contributed by atoms with Crippen LogP contribution in [0.25, 0.3) is 11.0 Å². The lowest BCUT2D eigenvalue weighted by Crippen LogP contribution is -2.07. The molecule has 3 N–H and O–H groups in total. The number of anilines is 1. The zero-order valence-electron chi connectivity index (χ0n) is 11.6. The standard InChI is InChI=1S/C15H17N5/c1-3-10-9(2)15(16)20-14(17-10)8-13-18-11-6-4-5-7-12(11)19-13/h4-7H,3,8H2,1-2H3,(H,18,19)(H2,16,17,20). The summed E-state index contributed by atoms with van der Waals surface area (Å²) in [5.74, 6) is 2.13. The van der Waals surface area contributed by atoms with E-state index < -0.39 is 0 Å². The second kappa shape index (κ2) is 4.92. The number of H-pyrrole nitrogens is 1. The Balaban J connectivity index is 1.96. The Morgan fingerprint density at radius 3 is 2.70 bits per heavy atom. The number of aromatic amines is 1. The van der Waals surface area contributed by atoms with Crippen LogP contribution in [0.1, 0.15) is 29.8 Å². The van der Waals surface area contributed by atoms with Gasteiger partial charge in [0.2, 0.25) is 0 Å². The van der Waals surface area contributed by atoms with Crippen molar-refractivity contribution in [1.29, 1.82) is 0 Å². The average Bonchev–Trinajstić information content (AvgIpc) is 2.84. The SMILES string of the molecule is CCc1nc(Cc2nc3ccccc3[nH]2)nc(N)c1C. The molecular weight excluding hydrogens is 250 g/mol. The number of nitrogens with one attached hydrogen (secondary N) is 1. The van der Waals surface area contributed by atoms with Gasteiger partial charge in [0.15, 0.2) is 0 Å². The Bertz CT molecular complexity index is 727. The summed E-state index contributed by atoms with van der Waals surface area (Å²) in [4.78, 5) is 16.7. The summed E-state index contributed by atoms with van der Waals surface area (Å²) < 4.78 is 0. The topological polar surface area (TPSA) is 80.5 Å². The van der Waals surface area contributed by atoms with Crippen LogP contribution in [0.3, 0.4) is 0 Å². The lowest BCUT2D eigenvalue weighted by Gasteiger charge is -2.07. The number of rotatable bonds is 3. The van der Waals surface area contributed by atoms with Gasteiger partial charge in [-0.15, -0.1) is 0 Å². The summed E-state index contributed by atoms with van der Waals surface area (Å²) >= 11 is 0. The van der Waals surface area contributed by atoms with Crippen LogP contribution >= 0.6 is 0 Å². The molecule has 0 amide bonds. The fraction of sp³-hybridized carbons (Fsp3) is 0.267. The van der Waals surface area contributed by atoms with Gasteiger partial charge in [-0.05, 0) is 25.5 Å². The quantitative estimate of drug-likeness (QED) is 0.763. The van der Waals surface area contributed by atoms with Gasteiger partial charge in [0, 0.05) is 11.3 Å². The Kier molecular flexibility index (Phi) is 3.10. The molecule has 0 unspecified atom stereocenters. The second-order valence-electron chi connectivity index (χ2n) is 4.83. The molecule has 5 nitrogen and oxygen atoms in total. The lowest BCUT2D eigenvalue weighted by molar-refractivity contribution is 0.870. The maximum atomic E-state index is 5.94. The van der Waals surface area contributed by atoms with Crippen LogP contribution in [0.4, 0.5) is 5.82 Å². The van der Waals surface area contributed by atoms with Crippen molar-refractivity contribution in [3.05, 3.63) is 47.2 Å². The van der Waals surface area contributed by atoms with Crippen LogP contribution in [-0.4, -0.2) is 19.9 Å². The van der Waals surface area contributed by atoms with Gasteiger partial charge in [0.1, 0.15) is 17.5 Å². The maximum absolute atomic E-state index is 5.94. The minimum Gasteiger partial charge on any atom is -0.383 e. The highest BCUT2D eigenvalue weighted by Gasteiger charge is 2.10. The van der Waals surface area contributed by atoms with E-state index >= 15 is 0 Å². The van der Waals surface area contributed by atoms with E-state index in [-0.39, 0.29) is 0 Å². The van der Waals surface area contributed by atoms with Gasteiger partial charge in [0.25, 0.3) is 0 Å². The minimum atomic E-state index is 0.558. The first-order valence-electron chi connectivity index (χ1n) is 6.73. The molecule has 0 spiro atoms. The van der Waals surface area contributed by atoms with Crippen LogP contribution in [0, 0.1) is 6.92 Å². The molecule has 0 radical (unpaired) electrons. The van der Waals surface area contributed by atoms with Crippen molar-refractivity contribution in [2.24, 2.45) is 0 Å². The van der Waals surface area contributed by atoms with Gasteiger partial charge >= 0.3 is 0 Å². The zero-order valence-corrected chi connectivity index (χ0v) is 11.6. The van der Waals surface area contributed by atoms with E-state index in [1.165, 1.54) is 0 Å². The average molecular weight is 267 g/mol. The summed E-state index contributed by atoms with van der Waals surface area (Å²) in [6.07, 6.45) is 1.41. The summed E-state index contributed by atoms with van der Waals surface area (Å²) in [5.41, 5.74) is 9.90. The second-order valence-corrected chi connectivity index (χ2v) is 4.83. The van der Waals surface area contributed by atoms with E-state index in [9.17, 15) is 0 Å². The number of hydrogen-bond acceptors (Lipinski definition) is 4. The van der Waals surface area contributed by atoms with E-state index in [0.717, 1.165) is 34.5 Å². The number of nitrogens with zero attached hydrogens (tertiary/aromatic N) is 3. The molecule has 2 aromatic heterocycles. The van der Waals surface area contributed by atoms with Crippen LogP contribution in [0.2, 0.25) is 0 Å². The zero-order chi connectivity index (χ0) is 14.1. The number of nitrogen functional groups attached to an aromatic ring is 1. The first kappa shape index (κ1) is 12.6. The fourth-order valence-corrected chi connectivity index (χ4v) is 2.30. The van der Waals surface area contributed by atoms with Crippen molar-refractivity contribution < 1.29 is 0 Å². The van der Waals surface area contributed by atoms with Crippen LogP contribution in [0.5, 0.6) is 0 Å². The number of aromatic nitrogens is 4. The number of aryl methyl sites for hydroxylation is 1. The summed E-state index contributed by atoms with van der Waals surface area (Å²) in [6, 6.07) is 7.95. The highest BCUT2D eigenvalue weighted by Crippen LogP contribution is 2.16. The molecule has 20 heavy (non-hydrogen) atoms. The third kappa shape index (κ3) is 2.22. The Labute approximate surface area is 117 Å². The maximum Gasteiger partial charge on any atom is 0.138 e. The predicted molar refractivity (Wildman–Crippen MR) is 79.5 cm³/mol. The number of benzene rings is 1. The molecule has 0 aliphatic heterocycles. The van der Waals surface area contributed by atoms with Gasteiger partial charge < -0.3 is 10.7 Å². The molecule has 2 heterocycles. The molecule has 0 saturated heterocycles. The minimum absolute atomic E-state index is 0.558. The van der Waals surface area contributed by atoms with Gasteiger partial charge in [-0.2, -0.15) is 0 Å². The van der Waals surface area contributed by atoms with Gasteiger partial charge in [-0.25, -0.2) is 15.0 Å². The summed E-state index contributed by atoms with van der Waals surface area (Å²) in [7, 11) is 0. The third-order valence-electron chi connectivity index (χ3n) is 3.43. The summed E-state index contributed by atoms with van der Waals surface area (Å²) in [6.45, 7) is 4.03. The van der Waals surface area contributed by atoms with E-state index in [1.54, 1.807) is 0 Å². The van der Waals surface area contributed by atoms with E-state index in [4.69, 9.17) is 5.73 Å². The van der Waals surface area contributed by atoms with Gasteiger partial charge in [-0.1, -0.05) is 19.1 Å². The largest absolute Gasteiger partial charge is 0.383 e. The van der Waals surface area contributed by atoms with Crippen LogP contribution < -0.4 is 5.73 Å². The fourth-order valence-electron chi connectivity index (χ4n) is 2.30. The predicted octanol–water partition coefficient (Wildman–Crippen LogP) is 2.40. The van der Waals surface area contributed by atoms with Gasteiger partial charge in [-0.3, -0.25) is 0 Å². The molecular formula is C15H17N5. The van der Waals surface area contributed by atoms with Crippen molar-refractivity contribution in [3.63, 3.8) is 0 Å². The monoisotopic (exact) mass is 267 g/mol. The van der Waals surface area contributed by atoms with Crippen molar-refractivity contribution in [1.82, 2.24) is 19.9 Å². The van der Waals surface area contributed by atoms with Crippen molar-refractivity contribution in [3.8, 4) is 0 Å².